The molecule has 0 aromatic carbocycles. The molecule has 2 heterocycles. The fraction of sp³-hybridized carbons (Fsp3) is 0.538. The third kappa shape index (κ3) is 2.75. The van der Waals surface area contributed by atoms with Crippen LogP contribution in [0.1, 0.15) is 36.7 Å². The lowest BCUT2D eigenvalue weighted by Gasteiger charge is -2.15. The zero-order valence-corrected chi connectivity index (χ0v) is 10.2. The van der Waals surface area contributed by atoms with Crippen molar-refractivity contribution in [2.75, 3.05) is 18.8 Å². The van der Waals surface area contributed by atoms with E-state index in [0.29, 0.717) is 17.3 Å². The van der Waals surface area contributed by atoms with E-state index in [-0.39, 0.29) is 5.91 Å². The van der Waals surface area contributed by atoms with E-state index in [0.717, 1.165) is 19.5 Å². The van der Waals surface area contributed by atoms with Crippen molar-refractivity contribution >= 4 is 11.6 Å². The van der Waals surface area contributed by atoms with Gasteiger partial charge in [-0.15, -0.1) is 0 Å². The number of nitrogen functional groups attached to an aromatic ring is 1. The fourth-order valence-electron chi connectivity index (χ4n) is 2.35. The lowest BCUT2D eigenvalue weighted by Crippen LogP contribution is -2.29. The third-order valence-electron chi connectivity index (χ3n) is 3.28. The number of anilines is 1. The molecule has 1 unspecified atom stereocenters. The van der Waals surface area contributed by atoms with Crippen molar-refractivity contribution in [1.29, 1.82) is 0 Å². The molecule has 1 saturated heterocycles. The van der Waals surface area contributed by atoms with E-state index >= 15 is 0 Å². The average molecular weight is 233 g/mol. The van der Waals surface area contributed by atoms with Crippen LogP contribution in [-0.2, 0) is 0 Å². The van der Waals surface area contributed by atoms with E-state index < -0.39 is 0 Å². The first-order valence-electron chi connectivity index (χ1n) is 6.21. The number of hydrogen-bond donors (Lipinski definition) is 1. The van der Waals surface area contributed by atoms with Crippen LogP contribution >= 0.6 is 0 Å². The molecule has 0 bridgehead atoms. The van der Waals surface area contributed by atoms with Crippen LogP contribution < -0.4 is 5.73 Å². The van der Waals surface area contributed by atoms with Gasteiger partial charge in [0.15, 0.2) is 0 Å². The van der Waals surface area contributed by atoms with Gasteiger partial charge in [0.25, 0.3) is 5.91 Å². The predicted molar refractivity (Wildman–Crippen MR) is 67.6 cm³/mol. The van der Waals surface area contributed by atoms with Gasteiger partial charge in [0.1, 0.15) is 5.69 Å². The standard InChI is InChI=1S/C13H19N3O/c1-2-3-10-6-7-16(9-10)13(17)12-5-4-11(14)8-15-12/h4-5,8,10H,2-3,6-7,9,14H2,1H3. The molecule has 17 heavy (non-hydrogen) atoms. The van der Waals surface area contributed by atoms with Crippen LogP contribution in [-0.4, -0.2) is 28.9 Å². The molecule has 1 fully saturated rings. The monoisotopic (exact) mass is 233 g/mol. The normalized spacial score (nSPS) is 19.6. The molecule has 1 aromatic rings. The summed E-state index contributed by atoms with van der Waals surface area (Å²) in [5, 5.41) is 0. The van der Waals surface area contributed by atoms with Crippen molar-refractivity contribution in [3.63, 3.8) is 0 Å². The Labute approximate surface area is 102 Å². The van der Waals surface area contributed by atoms with E-state index in [1.54, 1.807) is 12.1 Å². The highest BCUT2D eigenvalue weighted by atomic mass is 16.2. The molecule has 0 spiro atoms. The summed E-state index contributed by atoms with van der Waals surface area (Å²) in [6.07, 6.45) is 5.05. The lowest BCUT2D eigenvalue weighted by molar-refractivity contribution is 0.0781. The Morgan fingerprint density at radius 1 is 1.59 bits per heavy atom. The second kappa shape index (κ2) is 5.17. The van der Waals surface area contributed by atoms with E-state index in [1.807, 2.05) is 4.90 Å². The maximum atomic E-state index is 12.1. The van der Waals surface area contributed by atoms with Crippen LogP contribution in [0.15, 0.2) is 18.3 Å². The van der Waals surface area contributed by atoms with E-state index in [9.17, 15) is 4.79 Å². The second-order valence-electron chi connectivity index (χ2n) is 4.67. The Morgan fingerprint density at radius 2 is 2.41 bits per heavy atom. The van der Waals surface area contributed by atoms with Crippen LogP contribution in [0.3, 0.4) is 0 Å². The van der Waals surface area contributed by atoms with Crippen molar-refractivity contribution in [3.8, 4) is 0 Å². The van der Waals surface area contributed by atoms with E-state index in [1.165, 1.54) is 19.0 Å². The van der Waals surface area contributed by atoms with Gasteiger partial charge in [0.05, 0.1) is 11.9 Å². The minimum absolute atomic E-state index is 0.0311. The zero-order chi connectivity index (χ0) is 12.3. The molecular formula is C13H19N3O. The molecule has 1 atom stereocenters. The molecule has 0 aliphatic carbocycles. The predicted octanol–water partition coefficient (Wildman–Crippen LogP) is 1.93. The van der Waals surface area contributed by atoms with Crippen LogP contribution in [0.25, 0.3) is 0 Å². The van der Waals surface area contributed by atoms with Gasteiger partial charge in [-0.2, -0.15) is 0 Å². The molecule has 4 heteroatoms. The number of hydrogen-bond acceptors (Lipinski definition) is 3. The first-order chi connectivity index (χ1) is 8.20. The molecule has 4 nitrogen and oxygen atoms in total. The fourth-order valence-corrected chi connectivity index (χ4v) is 2.35. The number of likely N-dealkylation sites (tertiary alicyclic amines) is 1. The zero-order valence-electron chi connectivity index (χ0n) is 10.2. The smallest absolute Gasteiger partial charge is 0.272 e. The topological polar surface area (TPSA) is 59.2 Å². The maximum absolute atomic E-state index is 12.1. The SMILES string of the molecule is CCCC1CCN(C(=O)c2ccc(N)cn2)C1. The summed E-state index contributed by atoms with van der Waals surface area (Å²) in [5.41, 5.74) is 6.64. The quantitative estimate of drug-likeness (QED) is 0.867. The number of carbonyl (C=O) groups is 1. The Bertz CT molecular complexity index is 388. The molecule has 1 aromatic heterocycles. The Morgan fingerprint density at radius 3 is 3.06 bits per heavy atom. The summed E-state index contributed by atoms with van der Waals surface area (Å²) in [7, 11) is 0. The first kappa shape index (κ1) is 11.9. The molecule has 92 valence electrons. The van der Waals surface area contributed by atoms with Crippen molar-refractivity contribution in [3.05, 3.63) is 24.0 Å². The highest BCUT2D eigenvalue weighted by molar-refractivity contribution is 5.92. The summed E-state index contributed by atoms with van der Waals surface area (Å²) >= 11 is 0. The molecule has 1 aliphatic rings. The first-order valence-corrected chi connectivity index (χ1v) is 6.21. The maximum Gasteiger partial charge on any atom is 0.272 e. The number of rotatable bonds is 3. The average Bonchev–Trinajstić information content (AvgIpc) is 2.78. The number of nitrogens with two attached hydrogens (primary N) is 1. The van der Waals surface area contributed by atoms with Gasteiger partial charge >= 0.3 is 0 Å². The molecule has 2 rings (SSSR count). The Balaban J connectivity index is 1.99. The number of carbonyl (C=O) groups excluding carboxylic acids is 1. The van der Waals surface area contributed by atoms with Gasteiger partial charge in [-0.1, -0.05) is 13.3 Å². The minimum Gasteiger partial charge on any atom is -0.397 e. The van der Waals surface area contributed by atoms with Gasteiger partial charge in [-0.25, -0.2) is 4.98 Å². The highest BCUT2D eigenvalue weighted by Gasteiger charge is 2.26. The Hall–Kier alpha value is -1.58. The van der Waals surface area contributed by atoms with Crippen molar-refractivity contribution in [1.82, 2.24) is 9.88 Å². The largest absolute Gasteiger partial charge is 0.397 e. The molecule has 1 amide bonds. The Kier molecular flexibility index (Phi) is 3.61. The third-order valence-corrected chi connectivity index (χ3v) is 3.28. The van der Waals surface area contributed by atoms with Gasteiger partial charge in [0, 0.05) is 13.1 Å². The van der Waals surface area contributed by atoms with Crippen LogP contribution in [0.2, 0.25) is 0 Å². The number of pyridine rings is 1. The lowest BCUT2D eigenvalue weighted by atomic mass is 10.0. The summed E-state index contributed by atoms with van der Waals surface area (Å²) in [6, 6.07) is 3.42. The van der Waals surface area contributed by atoms with Crippen LogP contribution in [0.4, 0.5) is 5.69 Å². The molecule has 0 radical (unpaired) electrons. The van der Waals surface area contributed by atoms with Crippen LogP contribution in [0.5, 0.6) is 0 Å². The van der Waals surface area contributed by atoms with Crippen molar-refractivity contribution < 1.29 is 4.79 Å². The van der Waals surface area contributed by atoms with Crippen LogP contribution in [0, 0.1) is 5.92 Å². The van der Waals surface area contributed by atoms with E-state index in [2.05, 4.69) is 11.9 Å². The van der Waals surface area contributed by atoms with Crippen molar-refractivity contribution in [2.45, 2.75) is 26.2 Å². The summed E-state index contributed by atoms with van der Waals surface area (Å²) < 4.78 is 0. The molecule has 1 aliphatic heterocycles. The van der Waals surface area contributed by atoms with Gasteiger partial charge in [-0.3, -0.25) is 4.79 Å². The summed E-state index contributed by atoms with van der Waals surface area (Å²) in [4.78, 5) is 18.1. The molecular weight excluding hydrogens is 214 g/mol. The minimum atomic E-state index is 0.0311. The second-order valence-corrected chi connectivity index (χ2v) is 4.67. The molecule has 0 saturated carbocycles. The van der Waals surface area contributed by atoms with Gasteiger partial charge in [-0.05, 0) is 30.9 Å². The van der Waals surface area contributed by atoms with E-state index in [4.69, 9.17) is 5.73 Å². The highest BCUT2D eigenvalue weighted by Crippen LogP contribution is 2.22. The van der Waals surface area contributed by atoms with Crippen molar-refractivity contribution in [2.24, 2.45) is 5.92 Å². The summed E-state index contributed by atoms with van der Waals surface area (Å²) in [5.74, 6) is 0.696. The summed E-state index contributed by atoms with van der Waals surface area (Å²) in [6.45, 7) is 3.92. The number of aromatic nitrogens is 1. The van der Waals surface area contributed by atoms with Gasteiger partial charge in [0.2, 0.25) is 0 Å². The van der Waals surface area contributed by atoms with Gasteiger partial charge < -0.3 is 10.6 Å². The number of nitrogens with zero attached hydrogens (tertiary/aromatic N) is 2. The molecule has 2 N–H and O–H groups in total. The number of amides is 1.